The van der Waals surface area contributed by atoms with Gasteiger partial charge in [0.25, 0.3) is 5.91 Å². The summed E-state index contributed by atoms with van der Waals surface area (Å²) in [6.07, 6.45) is 2.26. The molecule has 0 saturated heterocycles. The predicted molar refractivity (Wildman–Crippen MR) is 119 cm³/mol. The van der Waals surface area contributed by atoms with Gasteiger partial charge < -0.3 is 5.32 Å². The van der Waals surface area contributed by atoms with Crippen LogP contribution in [-0.4, -0.2) is 26.1 Å². The van der Waals surface area contributed by atoms with Gasteiger partial charge in [0.15, 0.2) is 5.65 Å². The van der Waals surface area contributed by atoms with E-state index in [-0.39, 0.29) is 11.5 Å². The number of halogens is 3. The molecule has 0 aliphatic heterocycles. The molecule has 0 radical (unpaired) electrons. The van der Waals surface area contributed by atoms with Crippen molar-refractivity contribution in [2.45, 2.75) is 44.8 Å². The topological polar surface area (TPSA) is 83.6 Å². The first-order valence-electron chi connectivity index (χ1n) is 10.6. The third-order valence-corrected chi connectivity index (χ3v) is 7.15. The fourth-order valence-corrected chi connectivity index (χ4v) is 5.43. The fraction of sp³-hybridized carbons (Fsp3) is 0.304. The third-order valence-electron chi connectivity index (χ3n) is 5.91. The lowest BCUT2D eigenvalue weighted by molar-refractivity contribution is -0.138. The van der Waals surface area contributed by atoms with Crippen LogP contribution >= 0.6 is 11.3 Å². The molecule has 1 amide bonds. The Morgan fingerprint density at radius 3 is 2.79 bits per heavy atom. The first kappa shape index (κ1) is 21.6. The normalized spacial score (nSPS) is 14.8. The van der Waals surface area contributed by atoms with Crippen LogP contribution in [0, 0.1) is 0 Å². The van der Waals surface area contributed by atoms with Gasteiger partial charge in [0.1, 0.15) is 6.33 Å². The predicted octanol–water partition coefficient (Wildman–Crippen LogP) is 5.47. The molecule has 2 N–H and O–H groups in total. The number of carbonyl (C=O) groups is 1. The summed E-state index contributed by atoms with van der Waals surface area (Å²) in [6, 6.07) is 5.08. The van der Waals surface area contributed by atoms with Crippen LogP contribution < -0.4 is 5.32 Å². The van der Waals surface area contributed by atoms with Crippen molar-refractivity contribution in [2.75, 3.05) is 0 Å². The summed E-state index contributed by atoms with van der Waals surface area (Å²) < 4.78 is 42.0. The second kappa shape index (κ2) is 8.26. The van der Waals surface area contributed by atoms with Gasteiger partial charge in [-0.3, -0.25) is 9.89 Å². The molecule has 1 aromatic carbocycles. The van der Waals surface area contributed by atoms with E-state index in [0.29, 0.717) is 27.2 Å². The monoisotopic (exact) mass is 471 g/mol. The van der Waals surface area contributed by atoms with Gasteiger partial charge in [0.05, 0.1) is 33.8 Å². The number of amides is 1. The first-order valence-corrected chi connectivity index (χ1v) is 11.4. The van der Waals surface area contributed by atoms with Crippen LogP contribution in [0.5, 0.6) is 0 Å². The summed E-state index contributed by atoms with van der Waals surface area (Å²) in [5.74, 6) is -0.352. The van der Waals surface area contributed by atoms with Gasteiger partial charge in [-0.25, -0.2) is 9.97 Å². The van der Waals surface area contributed by atoms with Gasteiger partial charge in [0, 0.05) is 10.4 Å². The van der Waals surface area contributed by atoms with Gasteiger partial charge in [-0.1, -0.05) is 12.1 Å². The number of aromatic nitrogens is 4. The summed E-state index contributed by atoms with van der Waals surface area (Å²) in [6.45, 7) is 1.56. The van der Waals surface area contributed by atoms with Crippen LogP contribution in [0.15, 0.2) is 36.8 Å². The molecule has 5 rings (SSSR count). The molecule has 1 atom stereocenters. The van der Waals surface area contributed by atoms with Crippen molar-refractivity contribution in [1.82, 2.24) is 25.5 Å². The minimum absolute atomic E-state index is 0.00147. The summed E-state index contributed by atoms with van der Waals surface area (Å²) in [5.41, 5.74) is 1.46. The number of rotatable bonds is 4. The number of benzene rings is 1. The van der Waals surface area contributed by atoms with Crippen molar-refractivity contribution in [3.05, 3.63) is 63.2 Å². The van der Waals surface area contributed by atoms with Gasteiger partial charge in [-0.2, -0.15) is 18.3 Å². The van der Waals surface area contributed by atoms with Crippen LogP contribution in [0.1, 0.15) is 57.0 Å². The van der Waals surface area contributed by atoms with Crippen molar-refractivity contribution < 1.29 is 18.0 Å². The molecule has 0 bridgehead atoms. The molecule has 0 spiro atoms. The Kier molecular flexibility index (Phi) is 5.40. The van der Waals surface area contributed by atoms with Gasteiger partial charge >= 0.3 is 6.18 Å². The standard InChI is InChI=1S/C23H20F3N5OS/c1-12(30-22(32)19-9-13-4-2-3-5-18(13)33-19)15-7-6-14(8-17(15)23(24,25)26)20-16-10-29-31-21(16)28-11-27-20/h6-12H,2-5H2,1H3,(H,30,32)(H,27,28,29,31). The molecule has 1 aliphatic rings. The highest BCUT2D eigenvalue weighted by Gasteiger charge is 2.35. The zero-order chi connectivity index (χ0) is 23.2. The van der Waals surface area contributed by atoms with Crippen LogP contribution in [0.3, 0.4) is 0 Å². The quantitative estimate of drug-likeness (QED) is 0.413. The average molecular weight is 472 g/mol. The molecule has 3 heterocycles. The van der Waals surface area contributed by atoms with E-state index >= 15 is 0 Å². The van der Waals surface area contributed by atoms with Crippen LogP contribution in [0.2, 0.25) is 0 Å². The van der Waals surface area contributed by atoms with E-state index in [2.05, 4.69) is 25.5 Å². The van der Waals surface area contributed by atoms with E-state index in [1.54, 1.807) is 13.0 Å². The smallest absolute Gasteiger partial charge is 0.345 e. The number of thiophene rings is 1. The maximum atomic E-state index is 14.0. The lowest BCUT2D eigenvalue weighted by atomic mass is 9.96. The van der Waals surface area contributed by atoms with Gasteiger partial charge in [-0.05, 0) is 55.9 Å². The lowest BCUT2D eigenvalue weighted by Crippen LogP contribution is -2.27. The zero-order valence-electron chi connectivity index (χ0n) is 17.7. The van der Waals surface area contributed by atoms with E-state index in [0.717, 1.165) is 31.7 Å². The number of hydrogen-bond donors (Lipinski definition) is 2. The number of H-pyrrole nitrogens is 1. The van der Waals surface area contributed by atoms with E-state index in [4.69, 9.17) is 0 Å². The highest BCUT2D eigenvalue weighted by molar-refractivity contribution is 7.14. The summed E-state index contributed by atoms with van der Waals surface area (Å²) >= 11 is 1.43. The number of aryl methyl sites for hydroxylation is 2. The highest BCUT2D eigenvalue weighted by Crippen LogP contribution is 2.38. The maximum Gasteiger partial charge on any atom is 0.416 e. The largest absolute Gasteiger partial charge is 0.416 e. The van der Waals surface area contributed by atoms with E-state index < -0.39 is 17.8 Å². The Hall–Kier alpha value is -3.27. The molecule has 1 aliphatic carbocycles. The second-order valence-electron chi connectivity index (χ2n) is 8.12. The number of carbonyl (C=O) groups excluding carboxylic acids is 1. The Bertz CT molecular complexity index is 1320. The molecule has 1 unspecified atom stereocenters. The van der Waals surface area contributed by atoms with E-state index in [9.17, 15) is 18.0 Å². The van der Waals surface area contributed by atoms with Crippen molar-refractivity contribution in [3.8, 4) is 11.3 Å². The van der Waals surface area contributed by atoms with E-state index in [1.807, 2.05) is 6.07 Å². The van der Waals surface area contributed by atoms with Crippen molar-refractivity contribution in [2.24, 2.45) is 0 Å². The Balaban J connectivity index is 1.46. The molecular weight excluding hydrogens is 451 g/mol. The molecule has 0 saturated carbocycles. The highest BCUT2D eigenvalue weighted by atomic mass is 32.1. The van der Waals surface area contributed by atoms with E-state index in [1.165, 1.54) is 40.4 Å². The minimum Gasteiger partial charge on any atom is -0.345 e. The molecular formula is C23H20F3N5OS. The summed E-state index contributed by atoms with van der Waals surface area (Å²) in [7, 11) is 0. The molecule has 170 valence electrons. The Labute approximate surface area is 191 Å². The molecule has 10 heteroatoms. The first-order chi connectivity index (χ1) is 15.8. The Morgan fingerprint density at radius 2 is 2.00 bits per heavy atom. The van der Waals surface area contributed by atoms with Gasteiger partial charge in [0.2, 0.25) is 0 Å². The number of nitrogens with zero attached hydrogens (tertiary/aromatic N) is 3. The molecule has 3 aromatic heterocycles. The number of alkyl halides is 3. The minimum atomic E-state index is -4.60. The molecule has 33 heavy (non-hydrogen) atoms. The number of aromatic amines is 1. The Morgan fingerprint density at radius 1 is 1.18 bits per heavy atom. The summed E-state index contributed by atoms with van der Waals surface area (Å²) in [4.78, 5) is 22.7. The van der Waals surface area contributed by atoms with Gasteiger partial charge in [-0.15, -0.1) is 11.3 Å². The SMILES string of the molecule is CC(NC(=O)c1cc2c(s1)CCCC2)c1ccc(-c2ncnc3[nH]ncc23)cc1C(F)(F)F. The number of fused-ring (bicyclic) bond motifs is 2. The van der Waals surface area contributed by atoms with Crippen LogP contribution in [-0.2, 0) is 19.0 Å². The number of nitrogens with one attached hydrogen (secondary N) is 2. The van der Waals surface area contributed by atoms with Crippen molar-refractivity contribution in [3.63, 3.8) is 0 Å². The van der Waals surface area contributed by atoms with Crippen molar-refractivity contribution in [1.29, 1.82) is 0 Å². The maximum absolute atomic E-state index is 14.0. The lowest BCUT2D eigenvalue weighted by Gasteiger charge is -2.20. The number of hydrogen-bond acceptors (Lipinski definition) is 5. The second-order valence-corrected chi connectivity index (χ2v) is 9.25. The van der Waals surface area contributed by atoms with Crippen LogP contribution in [0.4, 0.5) is 13.2 Å². The molecule has 6 nitrogen and oxygen atoms in total. The fourth-order valence-electron chi connectivity index (χ4n) is 4.27. The molecule has 4 aromatic rings. The third kappa shape index (κ3) is 4.10. The summed E-state index contributed by atoms with van der Waals surface area (Å²) in [5, 5.41) is 9.86. The molecule has 0 fully saturated rings. The van der Waals surface area contributed by atoms with Crippen molar-refractivity contribution >= 4 is 28.3 Å². The van der Waals surface area contributed by atoms with Crippen LogP contribution in [0.25, 0.3) is 22.3 Å². The average Bonchev–Trinajstić information content (AvgIpc) is 3.45. The zero-order valence-corrected chi connectivity index (χ0v) is 18.5.